The molecule has 7 heteroatoms. The summed E-state index contributed by atoms with van der Waals surface area (Å²) in [5, 5.41) is 12.1. The third-order valence-corrected chi connectivity index (χ3v) is 4.88. The van der Waals surface area contributed by atoms with Gasteiger partial charge in [-0.25, -0.2) is 0 Å². The Labute approximate surface area is 182 Å². The average molecular weight is 467 g/mol. The van der Waals surface area contributed by atoms with Crippen LogP contribution in [0.2, 0.25) is 0 Å². The van der Waals surface area contributed by atoms with E-state index in [1.54, 1.807) is 24.3 Å². The van der Waals surface area contributed by atoms with Crippen molar-refractivity contribution in [1.82, 2.24) is 5.32 Å². The molecule has 1 aromatic heterocycles. The molecule has 0 aliphatic carbocycles. The molecule has 1 amide bonds. The number of nitriles is 1. The molecule has 3 rings (SSSR count). The largest absolute Gasteiger partial charge is 0.493 e. The molecule has 0 saturated carbocycles. The van der Waals surface area contributed by atoms with Crippen LogP contribution >= 0.6 is 15.9 Å². The number of benzene rings is 2. The van der Waals surface area contributed by atoms with Crippen molar-refractivity contribution in [2.75, 3.05) is 7.11 Å². The van der Waals surface area contributed by atoms with Crippen molar-refractivity contribution in [3.8, 4) is 17.6 Å². The maximum absolute atomic E-state index is 12.4. The number of nitrogens with zero attached hydrogens (tertiary/aromatic N) is 1. The molecule has 0 unspecified atom stereocenters. The van der Waals surface area contributed by atoms with Gasteiger partial charge in [-0.15, -0.1) is 0 Å². The topological polar surface area (TPSA) is 84.5 Å². The summed E-state index contributed by atoms with van der Waals surface area (Å²) in [5.74, 6) is 1.15. The van der Waals surface area contributed by atoms with Crippen LogP contribution in [0.4, 0.5) is 0 Å². The van der Waals surface area contributed by atoms with Gasteiger partial charge in [0, 0.05) is 4.47 Å². The SMILES string of the molecule is COc1cc(/C=C(\C#N)C(=O)NCc2ccco2)c(Br)cc1OCc1ccccc1. The van der Waals surface area contributed by atoms with Gasteiger partial charge in [-0.05, 0) is 41.5 Å². The molecule has 0 bridgehead atoms. The highest BCUT2D eigenvalue weighted by molar-refractivity contribution is 9.10. The number of amides is 1. The normalized spacial score (nSPS) is 10.9. The predicted molar refractivity (Wildman–Crippen MR) is 116 cm³/mol. The summed E-state index contributed by atoms with van der Waals surface area (Å²) in [4.78, 5) is 12.4. The van der Waals surface area contributed by atoms with Crippen molar-refractivity contribution in [3.63, 3.8) is 0 Å². The summed E-state index contributed by atoms with van der Waals surface area (Å²) >= 11 is 3.48. The number of rotatable bonds is 8. The third kappa shape index (κ3) is 5.52. The zero-order chi connectivity index (χ0) is 21.3. The molecule has 0 fully saturated rings. The first-order chi connectivity index (χ1) is 14.6. The summed E-state index contributed by atoms with van der Waals surface area (Å²) < 4.78 is 17.2. The highest BCUT2D eigenvalue weighted by Crippen LogP contribution is 2.35. The van der Waals surface area contributed by atoms with Crippen LogP contribution in [0.25, 0.3) is 6.08 Å². The second-order valence-electron chi connectivity index (χ2n) is 6.23. The van der Waals surface area contributed by atoms with Crippen molar-refractivity contribution < 1.29 is 18.7 Å². The first-order valence-electron chi connectivity index (χ1n) is 9.07. The van der Waals surface area contributed by atoms with E-state index in [1.165, 1.54) is 19.4 Å². The predicted octanol–water partition coefficient (Wildman–Crippen LogP) is 4.85. The van der Waals surface area contributed by atoms with Gasteiger partial charge in [0.15, 0.2) is 11.5 Å². The Kier molecular flexibility index (Phi) is 7.30. The minimum absolute atomic E-state index is 0.0396. The first-order valence-corrected chi connectivity index (χ1v) is 9.86. The van der Waals surface area contributed by atoms with Gasteiger partial charge in [0.05, 0.1) is 19.9 Å². The maximum atomic E-state index is 12.4. The van der Waals surface area contributed by atoms with Crippen molar-refractivity contribution in [2.45, 2.75) is 13.2 Å². The Morgan fingerprint density at radius 2 is 2.00 bits per heavy atom. The van der Waals surface area contributed by atoms with Gasteiger partial charge in [-0.2, -0.15) is 5.26 Å². The Morgan fingerprint density at radius 3 is 2.67 bits per heavy atom. The lowest BCUT2D eigenvalue weighted by molar-refractivity contribution is -0.117. The van der Waals surface area contributed by atoms with Crippen molar-refractivity contribution in [2.24, 2.45) is 0 Å². The van der Waals surface area contributed by atoms with E-state index >= 15 is 0 Å². The van der Waals surface area contributed by atoms with E-state index in [9.17, 15) is 10.1 Å². The van der Waals surface area contributed by atoms with Gasteiger partial charge in [0.1, 0.15) is 24.0 Å². The Balaban J connectivity index is 1.76. The van der Waals surface area contributed by atoms with Crippen LogP contribution in [0.15, 0.2) is 75.3 Å². The maximum Gasteiger partial charge on any atom is 0.262 e. The van der Waals surface area contributed by atoms with E-state index < -0.39 is 5.91 Å². The molecule has 1 N–H and O–H groups in total. The quantitative estimate of drug-likeness (QED) is 0.378. The number of carbonyl (C=O) groups excluding carboxylic acids is 1. The summed E-state index contributed by atoms with van der Waals surface area (Å²) in [5.41, 5.74) is 1.60. The second-order valence-corrected chi connectivity index (χ2v) is 7.09. The molecule has 6 nitrogen and oxygen atoms in total. The van der Waals surface area contributed by atoms with Crippen LogP contribution in [0.1, 0.15) is 16.9 Å². The van der Waals surface area contributed by atoms with E-state index in [4.69, 9.17) is 13.9 Å². The Hall–Kier alpha value is -3.50. The summed E-state index contributed by atoms with van der Waals surface area (Å²) in [6, 6.07) is 18.6. The standard InChI is InChI=1S/C23H19BrN2O4/c1-28-21-11-17(10-18(13-25)23(27)26-14-19-8-5-9-29-19)20(24)12-22(21)30-15-16-6-3-2-4-7-16/h2-12H,14-15H2,1H3,(H,26,27)/b18-10+. The fraction of sp³-hybridized carbons (Fsp3) is 0.130. The molecule has 0 radical (unpaired) electrons. The fourth-order valence-corrected chi connectivity index (χ4v) is 3.09. The van der Waals surface area contributed by atoms with Gasteiger partial charge in [-0.3, -0.25) is 4.79 Å². The average Bonchev–Trinajstić information content (AvgIpc) is 3.29. The summed E-state index contributed by atoms with van der Waals surface area (Å²) in [6.45, 7) is 0.582. The number of halogens is 1. The van der Waals surface area contributed by atoms with E-state index in [-0.39, 0.29) is 12.1 Å². The molecule has 0 saturated heterocycles. The zero-order valence-electron chi connectivity index (χ0n) is 16.2. The summed E-state index contributed by atoms with van der Waals surface area (Å²) in [6.07, 6.45) is 3.01. The number of carbonyl (C=O) groups is 1. The number of hydrogen-bond acceptors (Lipinski definition) is 5. The lowest BCUT2D eigenvalue weighted by atomic mass is 10.1. The molecule has 1 heterocycles. The Bertz CT molecular complexity index is 1070. The molecule has 0 spiro atoms. The van der Waals surface area contributed by atoms with E-state index in [1.807, 2.05) is 36.4 Å². The van der Waals surface area contributed by atoms with Gasteiger partial charge in [-0.1, -0.05) is 46.3 Å². The van der Waals surface area contributed by atoms with Gasteiger partial charge >= 0.3 is 0 Å². The molecule has 3 aromatic rings. The van der Waals surface area contributed by atoms with Crippen LogP contribution in [-0.2, 0) is 17.9 Å². The number of ether oxygens (including phenoxy) is 2. The highest BCUT2D eigenvalue weighted by Gasteiger charge is 2.14. The van der Waals surface area contributed by atoms with Crippen LogP contribution in [0, 0.1) is 11.3 Å². The van der Waals surface area contributed by atoms with E-state index in [0.29, 0.717) is 33.9 Å². The lowest BCUT2D eigenvalue weighted by Gasteiger charge is -2.13. The third-order valence-electron chi connectivity index (χ3n) is 4.19. The number of methoxy groups -OCH3 is 1. The van der Waals surface area contributed by atoms with Gasteiger partial charge in [0.25, 0.3) is 5.91 Å². The van der Waals surface area contributed by atoms with Crippen LogP contribution in [0.3, 0.4) is 0 Å². The van der Waals surface area contributed by atoms with Crippen molar-refractivity contribution in [1.29, 1.82) is 5.26 Å². The number of hydrogen-bond donors (Lipinski definition) is 1. The van der Waals surface area contributed by atoms with E-state index in [2.05, 4.69) is 21.2 Å². The first kappa shape index (κ1) is 21.2. The van der Waals surface area contributed by atoms with Crippen LogP contribution < -0.4 is 14.8 Å². The molecular weight excluding hydrogens is 448 g/mol. The van der Waals surface area contributed by atoms with Gasteiger partial charge < -0.3 is 19.2 Å². The molecule has 152 valence electrons. The molecule has 0 atom stereocenters. The van der Waals surface area contributed by atoms with Crippen molar-refractivity contribution >= 4 is 27.9 Å². The number of furan rings is 1. The highest BCUT2D eigenvalue weighted by atomic mass is 79.9. The monoisotopic (exact) mass is 466 g/mol. The molecule has 2 aromatic carbocycles. The molecular formula is C23H19BrN2O4. The number of nitrogens with one attached hydrogen (secondary N) is 1. The molecule has 0 aliphatic rings. The zero-order valence-corrected chi connectivity index (χ0v) is 17.8. The van der Waals surface area contributed by atoms with Crippen LogP contribution in [0.5, 0.6) is 11.5 Å². The molecule has 30 heavy (non-hydrogen) atoms. The van der Waals surface area contributed by atoms with E-state index in [0.717, 1.165) is 5.56 Å². The Morgan fingerprint density at radius 1 is 1.20 bits per heavy atom. The second kappa shape index (κ2) is 10.3. The minimum atomic E-state index is -0.496. The van der Waals surface area contributed by atoms with Crippen molar-refractivity contribution in [3.05, 3.63) is 87.8 Å². The lowest BCUT2D eigenvalue weighted by Crippen LogP contribution is -2.23. The fourth-order valence-electron chi connectivity index (χ4n) is 2.65. The van der Waals surface area contributed by atoms with Gasteiger partial charge in [0.2, 0.25) is 0 Å². The van der Waals surface area contributed by atoms with Crippen LogP contribution in [-0.4, -0.2) is 13.0 Å². The summed E-state index contributed by atoms with van der Waals surface area (Å²) in [7, 11) is 1.54. The minimum Gasteiger partial charge on any atom is -0.493 e. The molecule has 0 aliphatic heterocycles. The smallest absolute Gasteiger partial charge is 0.262 e.